The molecule has 0 saturated heterocycles. The third-order valence-electron chi connectivity index (χ3n) is 5.87. The van der Waals surface area contributed by atoms with Crippen LogP contribution in [0.5, 0.6) is 11.5 Å². The van der Waals surface area contributed by atoms with E-state index < -0.39 is 0 Å². The van der Waals surface area contributed by atoms with Gasteiger partial charge in [0, 0.05) is 47.2 Å². The molecular weight excluding hydrogens is 534 g/mol. The topological polar surface area (TPSA) is 150 Å². The first-order valence-electron chi connectivity index (χ1n) is 12.4. The van der Waals surface area contributed by atoms with Gasteiger partial charge < -0.3 is 35.8 Å². The predicted octanol–water partition coefficient (Wildman–Crippen LogP) is 4.00. The Bertz CT molecular complexity index is 1280. The maximum atomic E-state index is 13.1. The molecule has 3 aromatic rings. The van der Waals surface area contributed by atoms with Gasteiger partial charge in [-0.15, -0.1) is 0 Å². The molecule has 6 N–H and O–H groups in total. The van der Waals surface area contributed by atoms with Crippen LogP contribution in [0, 0.1) is 5.41 Å². The van der Waals surface area contributed by atoms with Crippen LogP contribution >= 0.6 is 11.6 Å². The highest BCUT2D eigenvalue weighted by Crippen LogP contribution is 2.33. The summed E-state index contributed by atoms with van der Waals surface area (Å²) in [7, 11) is 4.94. The number of nitrogen functional groups attached to an aromatic ring is 1. The number of para-hydroxylation sites is 1. The number of halogens is 1. The molecule has 3 rings (SSSR count). The monoisotopic (exact) mass is 569 g/mol. The molecule has 11 heteroatoms. The summed E-state index contributed by atoms with van der Waals surface area (Å²) in [6.45, 7) is 2.66. The van der Waals surface area contributed by atoms with Crippen molar-refractivity contribution < 1.29 is 24.2 Å². The average molecular weight is 570 g/mol. The van der Waals surface area contributed by atoms with E-state index in [9.17, 15) is 9.59 Å². The highest BCUT2D eigenvalue weighted by Gasteiger charge is 2.16. The van der Waals surface area contributed by atoms with E-state index in [0.29, 0.717) is 58.5 Å². The van der Waals surface area contributed by atoms with Crippen LogP contribution in [0.15, 0.2) is 60.7 Å². The molecule has 0 fully saturated rings. The first kappa shape index (κ1) is 32.1. The Hall–Kier alpha value is -4.12. The molecule has 0 radical (unpaired) electrons. The third-order valence-corrected chi connectivity index (χ3v) is 6.10. The Kier molecular flexibility index (Phi) is 12.9. The van der Waals surface area contributed by atoms with E-state index in [2.05, 4.69) is 10.6 Å². The lowest BCUT2D eigenvalue weighted by Crippen LogP contribution is -2.30. The minimum Gasteiger partial charge on any atom is -0.488 e. The zero-order valence-electron chi connectivity index (χ0n) is 23.0. The molecule has 0 aliphatic heterocycles. The van der Waals surface area contributed by atoms with Crippen LogP contribution in [0.4, 0.5) is 11.4 Å². The molecule has 0 spiro atoms. The lowest BCUT2D eigenvalue weighted by Gasteiger charge is -2.22. The lowest BCUT2D eigenvalue weighted by atomic mass is 10.1. The molecule has 0 bridgehead atoms. The van der Waals surface area contributed by atoms with E-state index in [4.69, 9.17) is 37.3 Å². The van der Waals surface area contributed by atoms with Gasteiger partial charge in [0.1, 0.15) is 19.0 Å². The molecule has 0 heterocycles. The summed E-state index contributed by atoms with van der Waals surface area (Å²) in [4.78, 5) is 26.2. The van der Waals surface area contributed by atoms with Gasteiger partial charge in [-0.05, 0) is 69.6 Å². The number of aliphatic hydroxyl groups excluding tert-OH is 1. The van der Waals surface area contributed by atoms with Gasteiger partial charge in [0.15, 0.2) is 17.8 Å². The number of benzene rings is 3. The van der Waals surface area contributed by atoms with Crippen LogP contribution in [0.25, 0.3) is 0 Å². The fourth-order valence-electron chi connectivity index (χ4n) is 3.44. The number of nitrogens with two attached hydrogens (primary N) is 1. The van der Waals surface area contributed by atoms with Crippen LogP contribution in [0.3, 0.4) is 0 Å². The standard InChI is InChI=1S/C28H32ClN5O4.CH4O/c1-18(34(2)3)17-38-25-6-4-5-20(26(25)37-14-13-35)16-32-24-12-9-21(29)15-23(24)28(36)33-22-10-7-19(8-11-22)27(30)31;1-2/h4-13,15,18,32H,14,16-17H2,1-3H3,(H3,30,31)(H,33,36);2H,1H3. The number of carbonyl (C=O) groups excluding carboxylic acids is 2. The van der Waals surface area contributed by atoms with Crippen LogP contribution < -0.4 is 25.8 Å². The van der Waals surface area contributed by atoms with Crippen molar-refractivity contribution in [1.82, 2.24) is 4.90 Å². The van der Waals surface area contributed by atoms with Gasteiger partial charge >= 0.3 is 0 Å². The highest BCUT2D eigenvalue weighted by molar-refractivity contribution is 6.31. The summed E-state index contributed by atoms with van der Waals surface area (Å²) in [5.74, 6) is 0.576. The van der Waals surface area contributed by atoms with Crippen molar-refractivity contribution in [2.75, 3.05) is 45.1 Å². The van der Waals surface area contributed by atoms with E-state index in [1.165, 1.54) is 0 Å². The smallest absolute Gasteiger partial charge is 0.257 e. The van der Waals surface area contributed by atoms with Crippen LogP contribution in [0.2, 0.25) is 5.02 Å². The fourth-order valence-corrected chi connectivity index (χ4v) is 3.61. The largest absolute Gasteiger partial charge is 0.488 e. The number of amidine groups is 1. The summed E-state index contributed by atoms with van der Waals surface area (Å²) in [5.41, 5.74) is 8.26. The zero-order valence-corrected chi connectivity index (χ0v) is 23.8. The number of carbonyl (C=O) groups is 2. The number of hydrogen-bond donors (Lipinski definition) is 5. The van der Waals surface area contributed by atoms with Gasteiger partial charge in [0.2, 0.25) is 0 Å². The normalized spacial score (nSPS) is 11.1. The van der Waals surface area contributed by atoms with Crippen molar-refractivity contribution in [2.24, 2.45) is 5.73 Å². The second-order valence-corrected chi connectivity index (χ2v) is 9.27. The minimum atomic E-state index is -0.363. The molecule has 1 amide bonds. The Morgan fingerprint density at radius 1 is 1.12 bits per heavy atom. The molecule has 214 valence electrons. The van der Waals surface area contributed by atoms with Gasteiger partial charge in [-0.3, -0.25) is 15.0 Å². The highest BCUT2D eigenvalue weighted by atomic mass is 35.5. The Labute approximate surface area is 239 Å². The molecule has 10 nitrogen and oxygen atoms in total. The summed E-state index contributed by atoms with van der Waals surface area (Å²) in [5, 5.41) is 21.0. The summed E-state index contributed by atoms with van der Waals surface area (Å²) in [6.07, 6.45) is 0.682. The SMILES string of the molecule is CC(COc1cccc(CNc2ccc(Cl)cc2C(=O)Nc2ccc(C(=N)N)cc2)c1OCC=O)N(C)C.CO. The number of nitrogens with one attached hydrogen (secondary N) is 3. The second kappa shape index (κ2) is 16.1. The minimum absolute atomic E-state index is 0.0534. The van der Waals surface area contributed by atoms with Crippen LogP contribution in [-0.4, -0.2) is 68.5 Å². The number of anilines is 2. The molecule has 0 saturated carbocycles. The quantitative estimate of drug-likeness (QED) is 0.118. The Morgan fingerprint density at radius 2 is 1.82 bits per heavy atom. The molecule has 40 heavy (non-hydrogen) atoms. The van der Waals surface area contributed by atoms with Gasteiger partial charge in [-0.2, -0.15) is 0 Å². The van der Waals surface area contributed by atoms with Gasteiger partial charge in [0.25, 0.3) is 5.91 Å². The predicted molar refractivity (Wildman–Crippen MR) is 159 cm³/mol. The molecular formula is C29H36ClN5O5. The number of aldehydes is 1. The Morgan fingerprint density at radius 3 is 2.45 bits per heavy atom. The van der Waals surface area contributed by atoms with Crippen molar-refractivity contribution in [2.45, 2.75) is 19.5 Å². The second-order valence-electron chi connectivity index (χ2n) is 8.83. The Balaban J connectivity index is 0.00000274. The number of likely N-dealkylation sites (N-methyl/N-ethyl adjacent to an activating group) is 1. The zero-order chi connectivity index (χ0) is 29.7. The van der Waals surface area contributed by atoms with E-state index in [1.54, 1.807) is 48.5 Å². The number of aliphatic hydroxyl groups is 1. The number of ether oxygens (including phenoxy) is 2. The van der Waals surface area contributed by atoms with Crippen molar-refractivity contribution in [3.05, 3.63) is 82.4 Å². The molecule has 0 aliphatic carbocycles. The first-order valence-corrected chi connectivity index (χ1v) is 12.8. The van der Waals surface area contributed by atoms with Crippen molar-refractivity contribution in [3.8, 4) is 11.5 Å². The van der Waals surface area contributed by atoms with Crippen LogP contribution in [0.1, 0.15) is 28.4 Å². The van der Waals surface area contributed by atoms with Gasteiger partial charge in [0.05, 0.1) is 5.56 Å². The first-order chi connectivity index (χ1) is 19.2. The molecule has 0 aliphatic rings. The van der Waals surface area contributed by atoms with Crippen molar-refractivity contribution >= 4 is 41.0 Å². The van der Waals surface area contributed by atoms with Gasteiger partial charge in [-0.25, -0.2) is 0 Å². The molecule has 1 unspecified atom stereocenters. The maximum Gasteiger partial charge on any atom is 0.257 e. The van der Waals surface area contributed by atoms with Crippen molar-refractivity contribution in [3.63, 3.8) is 0 Å². The fraction of sp³-hybridized carbons (Fsp3) is 0.276. The third kappa shape index (κ3) is 9.26. The van der Waals surface area contributed by atoms with Gasteiger partial charge in [-0.1, -0.05) is 23.7 Å². The van der Waals surface area contributed by atoms with Crippen molar-refractivity contribution in [1.29, 1.82) is 5.41 Å². The molecule has 0 aromatic heterocycles. The lowest BCUT2D eigenvalue weighted by molar-refractivity contribution is -0.109. The summed E-state index contributed by atoms with van der Waals surface area (Å²) >= 11 is 6.20. The maximum absolute atomic E-state index is 13.1. The number of nitrogens with zero attached hydrogens (tertiary/aromatic N) is 1. The average Bonchev–Trinajstić information content (AvgIpc) is 2.95. The van der Waals surface area contributed by atoms with Crippen LogP contribution in [-0.2, 0) is 11.3 Å². The van der Waals surface area contributed by atoms with E-state index >= 15 is 0 Å². The molecule has 3 aromatic carbocycles. The number of hydrogen-bond acceptors (Lipinski definition) is 8. The van der Waals surface area contributed by atoms with E-state index in [1.807, 2.05) is 38.1 Å². The number of rotatable bonds is 13. The summed E-state index contributed by atoms with van der Waals surface area (Å²) in [6, 6.07) is 17.3. The van der Waals surface area contributed by atoms with E-state index in [0.717, 1.165) is 12.7 Å². The van der Waals surface area contributed by atoms with E-state index in [-0.39, 0.29) is 24.4 Å². The summed E-state index contributed by atoms with van der Waals surface area (Å²) < 4.78 is 11.7. The number of amides is 1. The molecule has 1 atom stereocenters.